The highest BCUT2D eigenvalue weighted by Crippen LogP contribution is 1.98. The van der Waals surface area contributed by atoms with E-state index in [1.807, 2.05) is 29.1 Å². The third kappa shape index (κ3) is 1.78. The quantitative estimate of drug-likeness (QED) is 0.643. The molecule has 0 aliphatic rings. The van der Waals surface area contributed by atoms with Crippen molar-refractivity contribution in [3.63, 3.8) is 0 Å². The minimum absolute atomic E-state index is 0.650. The van der Waals surface area contributed by atoms with E-state index in [9.17, 15) is 0 Å². The fourth-order valence-electron chi connectivity index (χ4n) is 0.971. The van der Waals surface area contributed by atoms with Crippen LogP contribution in [0, 0.1) is 4.51 Å². The van der Waals surface area contributed by atoms with Gasteiger partial charge in [-0.25, -0.2) is 9.97 Å². The molecular weight excluding hydrogens is 182 g/mol. The van der Waals surface area contributed by atoms with E-state index in [2.05, 4.69) is 9.97 Å². The fourth-order valence-corrected chi connectivity index (χ4v) is 1.09. The van der Waals surface area contributed by atoms with Gasteiger partial charge in [0.1, 0.15) is 0 Å². The zero-order valence-corrected chi connectivity index (χ0v) is 7.61. The van der Waals surface area contributed by atoms with Gasteiger partial charge in [0.15, 0.2) is 0 Å². The maximum absolute atomic E-state index is 4.97. The molecule has 0 aliphatic heterocycles. The van der Waals surface area contributed by atoms with Gasteiger partial charge in [0.2, 0.25) is 5.95 Å². The van der Waals surface area contributed by atoms with Crippen molar-refractivity contribution in [1.82, 2.24) is 14.5 Å². The number of hydrogen-bond acceptors (Lipinski definition) is 3. The van der Waals surface area contributed by atoms with Gasteiger partial charge in [-0.05, 0) is 18.2 Å². The Morgan fingerprint density at radius 1 is 1.08 bits per heavy atom. The van der Waals surface area contributed by atoms with Crippen molar-refractivity contribution >= 4 is 12.2 Å². The molecule has 0 fully saturated rings. The first-order chi connectivity index (χ1) is 6.36. The summed E-state index contributed by atoms with van der Waals surface area (Å²) in [5, 5.41) is 0. The summed E-state index contributed by atoms with van der Waals surface area (Å²) in [7, 11) is 0. The van der Waals surface area contributed by atoms with E-state index in [-0.39, 0.29) is 0 Å². The predicted molar refractivity (Wildman–Crippen MR) is 52.2 cm³/mol. The summed E-state index contributed by atoms with van der Waals surface area (Å²) in [4.78, 5) is 8.19. The van der Waals surface area contributed by atoms with E-state index in [1.54, 1.807) is 18.5 Å². The molecule has 2 heterocycles. The highest BCUT2D eigenvalue weighted by Gasteiger charge is 1.92. The molecule has 4 heteroatoms. The SMILES string of the molecule is S=c1ccn(-c2ncccn2)cc1. The maximum Gasteiger partial charge on any atom is 0.233 e. The van der Waals surface area contributed by atoms with Crippen LogP contribution in [0.15, 0.2) is 43.0 Å². The molecule has 0 saturated heterocycles. The van der Waals surface area contributed by atoms with Gasteiger partial charge in [0.05, 0.1) is 0 Å². The van der Waals surface area contributed by atoms with Crippen LogP contribution < -0.4 is 0 Å². The molecule has 0 amide bonds. The van der Waals surface area contributed by atoms with Gasteiger partial charge in [-0.1, -0.05) is 12.2 Å². The minimum atomic E-state index is 0.650. The van der Waals surface area contributed by atoms with Crippen molar-refractivity contribution in [2.45, 2.75) is 0 Å². The van der Waals surface area contributed by atoms with Gasteiger partial charge in [0.25, 0.3) is 0 Å². The third-order valence-corrected chi connectivity index (χ3v) is 1.85. The normalized spacial score (nSPS) is 9.85. The lowest BCUT2D eigenvalue weighted by atomic mass is 10.5. The van der Waals surface area contributed by atoms with E-state index in [0.29, 0.717) is 5.95 Å². The van der Waals surface area contributed by atoms with E-state index < -0.39 is 0 Å². The minimum Gasteiger partial charge on any atom is -0.293 e. The van der Waals surface area contributed by atoms with Gasteiger partial charge in [-0.2, -0.15) is 0 Å². The molecular formula is C9H7N3S. The van der Waals surface area contributed by atoms with Crippen LogP contribution in [0.5, 0.6) is 0 Å². The smallest absolute Gasteiger partial charge is 0.233 e. The average Bonchev–Trinajstić information content (AvgIpc) is 2.20. The summed E-state index contributed by atoms with van der Waals surface area (Å²) in [5.41, 5.74) is 0. The second kappa shape index (κ2) is 3.45. The van der Waals surface area contributed by atoms with Crippen molar-refractivity contribution in [2.75, 3.05) is 0 Å². The van der Waals surface area contributed by atoms with Crippen molar-refractivity contribution in [3.05, 3.63) is 47.5 Å². The molecule has 0 atom stereocenters. The first-order valence-corrected chi connectivity index (χ1v) is 4.23. The standard InChI is InChI=1S/C9H7N3S/c13-8-2-6-12(7-3-8)9-10-4-1-5-11-9/h1-7H. The van der Waals surface area contributed by atoms with E-state index in [1.165, 1.54) is 0 Å². The molecule has 2 aromatic heterocycles. The monoisotopic (exact) mass is 189 g/mol. The molecule has 3 nitrogen and oxygen atoms in total. The molecule has 0 N–H and O–H groups in total. The molecule has 0 spiro atoms. The van der Waals surface area contributed by atoms with Crippen molar-refractivity contribution < 1.29 is 0 Å². The van der Waals surface area contributed by atoms with Crippen LogP contribution in [0.25, 0.3) is 5.95 Å². The molecule has 0 unspecified atom stereocenters. The number of pyridine rings is 1. The summed E-state index contributed by atoms with van der Waals surface area (Å²) >= 11 is 4.97. The van der Waals surface area contributed by atoms with E-state index in [4.69, 9.17) is 12.2 Å². The van der Waals surface area contributed by atoms with Crippen LogP contribution in [0.1, 0.15) is 0 Å². The Kier molecular flexibility index (Phi) is 2.14. The summed E-state index contributed by atoms with van der Waals surface area (Å²) in [6.45, 7) is 0. The Hall–Kier alpha value is -1.55. The molecule has 2 aromatic rings. The van der Waals surface area contributed by atoms with Crippen LogP contribution in [0.4, 0.5) is 0 Å². The van der Waals surface area contributed by atoms with Gasteiger partial charge in [-0.3, -0.25) is 4.57 Å². The zero-order valence-electron chi connectivity index (χ0n) is 6.79. The van der Waals surface area contributed by atoms with Gasteiger partial charge >= 0.3 is 0 Å². The van der Waals surface area contributed by atoms with E-state index >= 15 is 0 Å². The number of nitrogens with zero attached hydrogens (tertiary/aromatic N) is 3. The second-order valence-corrected chi connectivity index (χ2v) is 2.96. The topological polar surface area (TPSA) is 30.7 Å². The Labute approximate surface area is 80.7 Å². The Balaban J connectivity index is 2.48. The largest absolute Gasteiger partial charge is 0.293 e. The highest BCUT2D eigenvalue weighted by atomic mass is 32.1. The van der Waals surface area contributed by atoms with Crippen molar-refractivity contribution in [1.29, 1.82) is 0 Å². The van der Waals surface area contributed by atoms with Crippen LogP contribution in [-0.4, -0.2) is 14.5 Å². The number of hydrogen-bond donors (Lipinski definition) is 0. The lowest BCUT2D eigenvalue weighted by Crippen LogP contribution is -1.98. The van der Waals surface area contributed by atoms with Crippen LogP contribution in [0.3, 0.4) is 0 Å². The van der Waals surface area contributed by atoms with Crippen molar-refractivity contribution in [3.8, 4) is 5.95 Å². The first-order valence-electron chi connectivity index (χ1n) is 3.82. The van der Waals surface area contributed by atoms with E-state index in [0.717, 1.165) is 4.51 Å². The molecule has 13 heavy (non-hydrogen) atoms. The molecule has 2 rings (SSSR count). The Morgan fingerprint density at radius 2 is 1.69 bits per heavy atom. The summed E-state index contributed by atoms with van der Waals surface area (Å²) < 4.78 is 2.63. The summed E-state index contributed by atoms with van der Waals surface area (Å²) in [5.74, 6) is 0.650. The highest BCUT2D eigenvalue weighted by molar-refractivity contribution is 7.71. The third-order valence-electron chi connectivity index (χ3n) is 1.58. The molecule has 0 bridgehead atoms. The average molecular weight is 189 g/mol. The predicted octanol–water partition coefficient (Wildman–Crippen LogP) is 2.00. The van der Waals surface area contributed by atoms with Gasteiger partial charge < -0.3 is 0 Å². The number of aromatic nitrogens is 3. The fraction of sp³-hybridized carbons (Fsp3) is 0. The Bertz CT molecular complexity index is 429. The van der Waals surface area contributed by atoms with Crippen LogP contribution in [-0.2, 0) is 0 Å². The Morgan fingerprint density at radius 3 is 2.31 bits per heavy atom. The molecule has 0 aromatic carbocycles. The summed E-state index contributed by atoms with van der Waals surface area (Å²) in [6.07, 6.45) is 7.10. The number of rotatable bonds is 1. The van der Waals surface area contributed by atoms with Crippen molar-refractivity contribution in [2.24, 2.45) is 0 Å². The molecule has 0 saturated carbocycles. The lowest BCUT2D eigenvalue weighted by Gasteiger charge is -2.01. The van der Waals surface area contributed by atoms with Gasteiger partial charge in [-0.15, -0.1) is 0 Å². The van der Waals surface area contributed by atoms with Crippen LogP contribution in [0.2, 0.25) is 0 Å². The lowest BCUT2D eigenvalue weighted by molar-refractivity contribution is 0.918. The molecule has 0 aliphatic carbocycles. The maximum atomic E-state index is 4.97. The summed E-state index contributed by atoms with van der Waals surface area (Å²) in [6, 6.07) is 5.46. The van der Waals surface area contributed by atoms with Crippen LogP contribution >= 0.6 is 12.2 Å². The zero-order chi connectivity index (χ0) is 9.10. The second-order valence-electron chi connectivity index (χ2n) is 2.49. The van der Waals surface area contributed by atoms with Gasteiger partial charge in [0, 0.05) is 29.3 Å². The molecule has 0 radical (unpaired) electrons. The first kappa shape index (κ1) is 8.07. The molecule has 64 valence electrons.